The van der Waals surface area contributed by atoms with Crippen molar-refractivity contribution in [2.45, 2.75) is 39.3 Å². The molecule has 1 aliphatic heterocycles. The average Bonchev–Trinajstić information content (AvgIpc) is 2.13. The van der Waals surface area contributed by atoms with Crippen LogP contribution in [0.25, 0.3) is 0 Å². The molecule has 1 fully saturated rings. The second-order valence-corrected chi connectivity index (χ2v) is 3.80. The van der Waals surface area contributed by atoms with Gasteiger partial charge in [0.1, 0.15) is 0 Å². The van der Waals surface area contributed by atoms with Gasteiger partial charge in [0.25, 0.3) is 0 Å². The van der Waals surface area contributed by atoms with E-state index in [2.05, 4.69) is 31.0 Å². The molecule has 2 heteroatoms. The molecule has 0 saturated carbocycles. The van der Waals surface area contributed by atoms with E-state index in [0.29, 0.717) is 12.1 Å². The second kappa shape index (κ2) is 4.07. The van der Waals surface area contributed by atoms with Crippen molar-refractivity contribution in [1.29, 1.82) is 0 Å². The van der Waals surface area contributed by atoms with Crippen LogP contribution in [-0.4, -0.2) is 36.6 Å². The Labute approximate surface area is 70.0 Å². The Bertz CT molecular complexity index is 112. The minimum Gasteiger partial charge on any atom is -0.313 e. The van der Waals surface area contributed by atoms with Gasteiger partial charge in [-0.1, -0.05) is 0 Å². The lowest BCUT2D eigenvalue weighted by atomic mass is 10.2. The highest BCUT2D eigenvalue weighted by Crippen LogP contribution is 2.04. The van der Waals surface area contributed by atoms with Crippen LogP contribution in [0.2, 0.25) is 0 Å². The fraction of sp³-hybridized carbons (Fsp3) is 1.00. The van der Waals surface area contributed by atoms with Crippen molar-refractivity contribution in [2.75, 3.05) is 19.6 Å². The molecule has 0 amide bonds. The molecule has 0 aromatic heterocycles. The highest BCUT2D eigenvalue weighted by Gasteiger charge is 2.15. The molecule has 66 valence electrons. The molecule has 1 saturated heterocycles. The first-order chi connectivity index (χ1) is 5.20. The van der Waals surface area contributed by atoms with Crippen molar-refractivity contribution >= 4 is 0 Å². The van der Waals surface area contributed by atoms with Gasteiger partial charge in [0.05, 0.1) is 0 Å². The van der Waals surface area contributed by atoms with Crippen molar-refractivity contribution in [3.63, 3.8) is 0 Å². The molecular formula is C9H20N2. The average molecular weight is 156 g/mol. The van der Waals surface area contributed by atoms with Crippen LogP contribution >= 0.6 is 0 Å². The smallest absolute Gasteiger partial charge is 0.0166 e. The molecule has 1 heterocycles. The third kappa shape index (κ3) is 2.80. The molecule has 1 rings (SSSR count). The molecule has 0 aromatic carbocycles. The van der Waals surface area contributed by atoms with E-state index in [1.165, 1.54) is 26.1 Å². The Kier molecular flexibility index (Phi) is 3.34. The van der Waals surface area contributed by atoms with Gasteiger partial charge < -0.3 is 5.32 Å². The lowest BCUT2D eigenvalue weighted by Crippen LogP contribution is -2.38. The highest BCUT2D eigenvalue weighted by molar-refractivity contribution is 4.74. The van der Waals surface area contributed by atoms with Crippen molar-refractivity contribution in [3.05, 3.63) is 0 Å². The molecule has 0 bridgehead atoms. The molecule has 0 radical (unpaired) electrons. The Balaban J connectivity index is 2.39. The maximum absolute atomic E-state index is 3.49. The van der Waals surface area contributed by atoms with Crippen LogP contribution in [0.5, 0.6) is 0 Å². The molecule has 2 nitrogen and oxygen atoms in total. The van der Waals surface area contributed by atoms with E-state index in [0.717, 1.165) is 0 Å². The summed E-state index contributed by atoms with van der Waals surface area (Å²) in [5.41, 5.74) is 0. The largest absolute Gasteiger partial charge is 0.313 e. The van der Waals surface area contributed by atoms with Gasteiger partial charge in [-0.3, -0.25) is 4.90 Å². The molecule has 1 atom stereocenters. The number of rotatable bonds is 1. The van der Waals surface area contributed by atoms with E-state index in [1.807, 2.05) is 0 Å². The van der Waals surface area contributed by atoms with Crippen LogP contribution in [0.4, 0.5) is 0 Å². The van der Waals surface area contributed by atoms with Crippen LogP contribution in [0.15, 0.2) is 0 Å². The van der Waals surface area contributed by atoms with E-state index >= 15 is 0 Å². The Morgan fingerprint density at radius 1 is 1.45 bits per heavy atom. The van der Waals surface area contributed by atoms with Gasteiger partial charge in [-0.05, 0) is 40.3 Å². The molecule has 1 N–H and O–H groups in total. The van der Waals surface area contributed by atoms with Gasteiger partial charge in [0.15, 0.2) is 0 Å². The first-order valence-electron chi connectivity index (χ1n) is 4.67. The summed E-state index contributed by atoms with van der Waals surface area (Å²) >= 11 is 0. The number of hydrogen-bond acceptors (Lipinski definition) is 2. The summed E-state index contributed by atoms with van der Waals surface area (Å²) in [7, 11) is 0. The summed E-state index contributed by atoms with van der Waals surface area (Å²) in [4.78, 5) is 2.55. The summed E-state index contributed by atoms with van der Waals surface area (Å²) in [5.74, 6) is 0. The van der Waals surface area contributed by atoms with Crippen molar-refractivity contribution in [3.8, 4) is 0 Å². The van der Waals surface area contributed by atoms with Crippen molar-refractivity contribution < 1.29 is 0 Å². The molecule has 1 unspecified atom stereocenters. The number of hydrogen-bond donors (Lipinski definition) is 1. The van der Waals surface area contributed by atoms with Crippen LogP contribution in [-0.2, 0) is 0 Å². The lowest BCUT2D eigenvalue weighted by molar-refractivity contribution is 0.221. The molecule has 0 aromatic rings. The molecule has 11 heavy (non-hydrogen) atoms. The normalized spacial score (nSPS) is 28.9. The quantitative estimate of drug-likeness (QED) is 0.611. The van der Waals surface area contributed by atoms with E-state index in [9.17, 15) is 0 Å². The van der Waals surface area contributed by atoms with Crippen molar-refractivity contribution in [2.24, 2.45) is 0 Å². The van der Waals surface area contributed by atoms with E-state index in [1.54, 1.807) is 0 Å². The van der Waals surface area contributed by atoms with E-state index in [4.69, 9.17) is 0 Å². The predicted octanol–water partition coefficient (Wildman–Crippen LogP) is 1.08. The van der Waals surface area contributed by atoms with Crippen LogP contribution < -0.4 is 5.32 Å². The van der Waals surface area contributed by atoms with E-state index < -0.39 is 0 Å². The van der Waals surface area contributed by atoms with Crippen LogP contribution in [0.1, 0.15) is 27.2 Å². The topological polar surface area (TPSA) is 15.3 Å². The summed E-state index contributed by atoms with van der Waals surface area (Å²) < 4.78 is 0. The van der Waals surface area contributed by atoms with Gasteiger partial charge in [0.2, 0.25) is 0 Å². The van der Waals surface area contributed by atoms with Crippen molar-refractivity contribution in [1.82, 2.24) is 10.2 Å². The zero-order valence-corrected chi connectivity index (χ0v) is 7.93. The number of nitrogens with zero attached hydrogens (tertiary/aromatic N) is 1. The number of nitrogens with one attached hydrogen (secondary N) is 1. The zero-order valence-electron chi connectivity index (χ0n) is 7.93. The summed E-state index contributed by atoms with van der Waals surface area (Å²) in [6.07, 6.45) is 1.29. The summed E-state index contributed by atoms with van der Waals surface area (Å²) in [5, 5.41) is 3.49. The molecule has 0 aliphatic carbocycles. The Morgan fingerprint density at radius 2 is 2.18 bits per heavy atom. The fourth-order valence-electron chi connectivity index (χ4n) is 1.61. The Morgan fingerprint density at radius 3 is 2.82 bits per heavy atom. The minimum atomic E-state index is 0.667. The summed E-state index contributed by atoms with van der Waals surface area (Å²) in [6, 6.07) is 1.37. The molecule has 0 spiro atoms. The standard InChI is InChI=1S/C9H20N2/c1-8(2)11-6-4-5-10-9(3)7-11/h8-10H,4-7H2,1-3H3. The Hall–Kier alpha value is -0.0800. The highest BCUT2D eigenvalue weighted by atomic mass is 15.2. The summed E-state index contributed by atoms with van der Waals surface area (Å²) in [6.45, 7) is 10.5. The third-order valence-corrected chi connectivity index (χ3v) is 2.35. The SMILES string of the molecule is CC1CN(C(C)C)CCCN1. The fourth-order valence-corrected chi connectivity index (χ4v) is 1.61. The maximum atomic E-state index is 3.49. The van der Waals surface area contributed by atoms with Crippen LogP contribution in [0.3, 0.4) is 0 Å². The van der Waals surface area contributed by atoms with Gasteiger partial charge in [-0.15, -0.1) is 0 Å². The van der Waals surface area contributed by atoms with E-state index in [-0.39, 0.29) is 0 Å². The monoisotopic (exact) mass is 156 g/mol. The van der Waals surface area contributed by atoms with Gasteiger partial charge >= 0.3 is 0 Å². The predicted molar refractivity (Wildman–Crippen MR) is 48.8 cm³/mol. The first-order valence-corrected chi connectivity index (χ1v) is 4.67. The molecular weight excluding hydrogens is 136 g/mol. The maximum Gasteiger partial charge on any atom is 0.0166 e. The van der Waals surface area contributed by atoms with Gasteiger partial charge in [0, 0.05) is 18.6 Å². The third-order valence-electron chi connectivity index (χ3n) is 2.35. The van der Waals surface area contributed by atoms with Gasteiger partial charge in [-0.25, -0.2) is 0 Å². The first kappa shape index (κ1) is 9.01. The van der Waals surface area contributed by atoms with Crippen LogP contribution in [0, 0.1) is 0 Å². The minimum absolute atomic E-state index is 0.667. The second-order valence-electron chi connectivity index (χ2n) is 3.80. The molecule has 1 aliphatic rings. The lowest BCUT2D eigenvalue weighted by Gasteiger charge is -2.26. The van der Waals surface area contributed by atoms with Gasteiger partial charge in [-0.2, -0.15) is 0 Å². The zero-order chi connectivity index (χ0) is 8.27.